The molecule has 0 spiro atoms. The zero-order valence-electron chi connectivity index (χ0n) is 15.7. The van der Waals surface area contributed by atoms with Gasteiger partial charge in [-0.1, -0.05) is 79.7 Å². The average molecular weight is 424 g/mol. The number of sulfonamides is 1. The number of hydrogen-bond acceptors (Lipinski definition) is 3. The monoisotopic (exact) mass is 423 g/mol. The van der Waals surface area contributed by atoms with Crippen LogP contribution in [-0.4, -0.2) is 19.5 Å². The van der Waals surface area contributed by atoms with E-state index in [2.05, 4.69) is 4.72 Å². The quantitative estimate of drug-likeness (QED) is 0.461. The highest BCUT2D eigenvalue weighted by Crippen LogP contribution is 2.26. The van der Waals surface area contributed by atoms with Gasteiger partial charge in [-0.15, -0.1) is 0 Å². The van der Waals surface area contributed by atoms with E-state index in [1.807, 2.05) is 30.3 Å². The molecule has 0 radical (unpaired) electrons. The molecule has 0 aromatic heterocycles. The van der Waals surface area contributed by atoms with Crippen molar-refractivity contribution in [3.63, 3.8) is 0 Å². The van der Waals surface area contributed by atoms with Crippen molar-refractivity contribution in [2.24, 2.45) is 0 Å². The second-order valence-electron chi connectivity index (χ2n) is 6.72. The Labute approximate surface area is 171 Å². The molecule has 5 nitrogen and oxygen atoms in total. The van der Waals surface area contributed by atoms with E-state index in [9.17, 15) is 13.2 Å². The van der Waals surface area contributed by atoms with Gasteiger partial charge in [0.15, 0.2) is 0 Å². The second kappa shape index (κ2) is 11.2. The first-order valence-corrected chi connectivity index (χ1v) is 11.3. The summed E-state index contributed by atoms with van der Waals surface area (Å²) >= 11 is 6.07. The predicted octanol–water partition coefficient (Wildman–Crippen LogP) is 5.17. The van der Waals surface area contributed by atoms with Crippen molar-refractivity contribution in [3.8, 4) is 0 Å². The summed E-state index contributed by atoms with van der Waals surface area (Å²) in [7, 11) is -3.75. The molecule has 0 aliphatic rings. The van der Waals surface area contributed by atoms with Crippen LogP contribution in [0.15, 0.2) is 59.5 Å². The topological polar surface area (TPSA) is 83.5 Å². The van der Waals surface area contributed by atoms with Gasteiger partial charge >= 0.3 is 5.97 Å². The summed E-state index contributed by atoms with van der Waals surface area (Å²) in [6.45, 7) is 0. The van der Waals surface area contributed by atoms with E-state index in [1.165, 1.54) is 6.07 Å². The maximum atomic E-state index is 12.8. The van der Waals surface area contributed by atoms with E-state index in [1.54, 1.807) is 18.2 Å². The molecule has 2 rings (SSSR count). The number of carbonyl (C=O) groups is 1. The number of carboxylic acid groups (broad SMARTS) is 1. The summed E-state index contributed by atoms with van der Waals surface area (Å²) in [5.74, 6) is -0.766. The fourth-order valence-electron chi connectivity index (χ4n) is 3.05. The van der Waals surface area contributed by atoms with Crippen LogP contribution in [0.4, 0.5) is 0 Å². The summed E-state index contributed by atoms with van der Waals surface area (Å²) < 4.78 is 28.4. The van der Waals surface area contributed by atoms with Crippen LogP contribution in [0.3, 0.4) is 0 Å². The van der Waals surface area contributed by atoms with Gasteiger partial charge in [0.2, 0.25) is 10.0 Å². The number of halogens is 1. The Kier molecular flexibility index (Phi) is 8.96. The standard InChI is InChI=1S/C21H26ClNO4S/c22-18-13-9-10-15-20(18)28(26,27)23-19(17-11-5-4-6-12-17)14-7-2-1-3-8-16-21(24)25/h4-6,9-13,15,19,23H,1-3,7-8,14,16H2,(H,24,25). The van der Waals surface area contributed by atoms with Crippen LogP contribution < -0.4 is 4.72 Å². The third-order valence-electron chi connectivity index (χ3n) is 4.51. The average Bonchev–Trinajstić information content (AvgIpc) is 2.67. The first-order valence-electron chi connectivity index (χ1n) is 9.44. The summed E-state index contributed by atoms with van der Waals surface area (Å²) in [5, 5.41) is 8.86. The van der Waals surface area contributed by atoms with Crippen LogP contribution in [0.1, 0.15) is 56.6 Å². The smallest absolute Gasteiger partial charge is 0.303 e. The third kappa shape index (κ3) is 7.26. The molecule has 0 heterocycles. The van der Waals surface area contributed by atoms with Crippen molar-refractivity contribution in [1.82, 2.24) is 4.72 Å². The van der Waals surface area contributed by atoms with Crippen molar-refractivity contribution in [2.45, 2.75) is 55.9 Å². The minimum atomic E-state index is -3.75. The molecule has 0 saturated heterocycles. The first-order chi connectivity index (χ1) is 13.4. The van der Waals surface area contributed by atoms with E-state index >= 15 is 0 Å². The number of hydrogen-bond donors (Lipinski definition) is 2. The van der Waals surface area contributed by atoms with E-state index in [0.29, 0.717) is 12.8 Å². The van der Waals surface area contributed by atoms with Gasteiger partial charge in [-0.3, -0.25) is 4.79 Å². The second-order valence-corrected chi connectivity index (χ2v) is 8.80. The Balaban J connectivity index is 1.99. The van der Waals surface area contributed by atoms with Gasteiger partial charge in [0.1, 0.15) is 4.90 Å². The molecule has 28 heavy (non-hydrogen) atoms. The van der Waals surface area contributed by atoms with Crippen LogP contribution in [0.25, 0.3) is 0 Å². The van der Waals surface area contributed by atoms with Crippen molar-refractivity contribution in [1.29, 1.82) is 0 Å². The van der Waals surface area contributed by atoms with Gasteiger partial charge in [-0.2, -0.15) is 0 Å². The van der Waals surface area contributed by atoms with E-state index in [4.69, 9.17) is 16.7 Å². The van der Waals surface area contributed by atoms with Crippen molar-refractivity contribution in [3.05, 3.63) is 65.2 Å². The number of unbranched alkanes of at least 4 members (excludes halogenated alkanes) is 4. The highest BCUT2D eigenvalue weighted by molar-refractivity contribution is 7.89. The predicted molar refractivity (Wildman–Crippen MR) is 111 cm³/mol. The normalized spacial score (nSPS) is 12.6. The highest BCUT2D eigenvalue weighted by atomic mass is 35.5. The zero-order chi connectivity index (χ0) is 20.4. The van der Waals surface area contributed by atoms with Crippen LogP contribution in [0.5, 0.6) is 0 Å². The van der Waals surface area contributed by atoms with Crippen LogP contribution in [-0.2, 0) is 14.8 Å². The van der Waals surface area contributed by atoms with E-state index in [0.717, 1.165) is 31.2 Å². The number of nitrogens with one attached hydrogen (secondary N) is 1. The van der Waals surface area contributed by atoms with Crippen LogP contribution in [0.2, 0.25) is 5.02 Å². The van der Waals surface area contributed by atoms with Crippen molar-refractivity contribution < 1.29 is 18.3 Å². The Morgan fingerprint density at radius 1 is 0.929 bits per heavy atom. The van der Waals surface area contributed by atoms with Crippen molar-refractivity contribution >= 4 is 27.6 Å². The minimum Gasteiger partial charge on any atom is -0.481 e. The van der Waals surface area contributed by atoms with Gasteiger partial charge in [-0.25, -0.2) is 13.1 Å². The third-order valence-corrected chi connectivity index (χ3v) is 6.48. The Hall–Kier alpha value is -1.89. The van der Waals surface area contributed by atoms with Gasteiger partial charge in [0.25, 0.3) is 0 Å². The molecule has 0 saturated carbocycles. The fraction of sp³-hybridized carbons (Fsp3) is 0.381. The molecule has 2 N–H and O–H groups in total. The first kappa shape index (κ1) is 22.4. The van der Waals surface area contributed by atoms with Gasteiger partial charge in [0, 0.05) is 12.5 Å². The molecule has 2 aromatic rings. The lowest BCUT2D eigenvalue weighted by Crippen LogP contribution is -2.29. The molecular formula is C21H26ClNO4S. The Morgan fingerprint density at radius 3 is 2.21 bits per heavy atom. The minimum absolute atomic E-state index is 0.0752. The molecule has 0 fully saturated rings. The molecule has 2 aromatic carbocycles. The number of aliphatic carboxylic acids is 1. The molecule has 152 valence electrons. The van der Waals surface area contributed by atoms with Gasteiger partial charge in [0.05, 0.1) is 5.02 Å². The largest absolute Gasteiger partial charge is 0.481 e. The lowest BCUT2D eigenvalue weighted by Gasteiger charge is -2.20. The SMILES string of the molecule is O=C(O)CCCCCCCC(NS(=O)(=O)c1ccccc1Cl)c1ccccc1. The lowest BCUT2D eigenvalue weighted by atomic mass is 10.0. The van der Waals surface area contributed by atoms with Crippen molar-refractivity contribution in [2.75, 3.05) is 0 Å². The summed E-state index contributed by atoms with van der Waals surface area (Å²) in [5.41, 5.74) is 0.906. The maximum Gasteiger partial charge on any atom is 0.303 e. The van der Waals surface area contributed by atoms with Crippen LogP contribution >= 0.6 is 11.6 Å². The molecule has 0 aliphatic carbocycles. The summed E-state index contributed by atoms with van der Waals surface area (Å²) in [4.78, 5) is 10.6. The van der Waals surface area contributed by atoms with E-state index in [-0.39, 0.29) is 22.4 Å². The maximum absolute atomic E-state index is 12.8. The molecule has 1 unspecified atom stereocenters. The molecule has 0 bridgehead atoms. The molecule has 1 atom stereocenters. The molecule has 0 aliphatic heterocycles. The fourth-order valence-corrected chi connectivity index (χ4v) is 4.83. The zero-order valence-corrected chi connectivity index (χ0v) is 17.3. The highest BCUT2D eigenvalue weighted by Gasteiger charge is 2.23. The number of benzene rings is 2. The van der Waals surface area contributed by atoms with Gasteiger partial charge in [-0.05, 0) is 30.5 Å². The Morgan fingerprint density at radius 2 is 1.54 bits per heavy atom. The number of carboxylic acids is 1. The number of rotatable bonds is 12. The molecular weight excluding hydrogens is 398 g/mol. The Bertz CT molecular complexity index is 856. The van der Waals surface area contributed by atoms with E-state index < -0.39 is 16.0 Å². The lowest BCUT2D eigenvalue weighted by molar-refractivity contribution is -0.137. The summed E-state index contributed by atoms with van der Waals surface area (Å²) in [6.07, 6.45) is 5.11. The molecule has 0 amide bonds. The summed E-state index contributed by atoms with van der Waals surface area (Å²) in [6, 6.07) is 15.5. The van der Waals surface area contributed by atoms with Gasteiger partial charge < -0.3 is 5.11 Å². The van der Waals surface area contributed by atoms with Crippen LogP contribution in [0, 0.1) is 0 Å². The molecule has 7 heteroatoms.